The average Bonchev–Trinajstić information content (AvgIpc) is 2.26. The maximum absolute atomic E-state index is 2.26. The first kappa shape index (κ1) is 12.4. The third-order valence-electron chi connectivity index (χ3n) is 2.62. The molecule has 15 heavy (non-hydrogen) atoms. The molecule has 0 radical (unpaired) electrons. The van der Waals surface area contributed by atoms with Gasteiger partial charge in [-0.05, 0) is 30.4 Å². The lowest BCUT2D eigenvalue weighted by Gasteiger charge is -2.16. The van der Waals surface area contributed by atoms with Crippen molar-refractivity contribution in [2.24, 2.45) is 0 Å². The smallest absolute Gasteiger partial charge is 0.0361 e. The van der Waals surface area contributed by atoms with Gasteiger partial charge in [0.2, 0.25) is 0 Å². The van der Waals surface area contributed by atoms with Gasteiger partial charge in [0, 0.05) is 25.0 Å². The van der Waals surface area contributed by atoms with Crippen LogP contribution in [0.5, 0.6) is 0 Å². The van der Waals surface area contributed by atoms with Crippen molar-refractivity contribution in [3.8, 4) is 0 Å². The van der Waals surface area contributed by atoms with E-state index in [1.165, 1.54) is 24.1 Å². The highest BCUT2D eigenvalue weighted by atomic mass is 32.2. The second kappa shape index (κ2) is 6.06. The monoisotopic (exact) mass is 223 g/mol. The van der Waals surface area contributed by atoms with Gasteiger partial charge in [0.25, 0.3) is 0 Å². The Labute approximate surface area is 97.9 Å². The Morgan fingerprint density at radius 2 is 1.80 bits per heavy atom. The molecule has 0 aliphatic carbocycles. The fourth-order valence-electron chi connectivity index (χ4n) is 1.67. The number of anilines is 1. The van der Waals surface area contributed by atoms with Gasteiger partial charge in [-0.15, -0.1) is 0 Å². The Morgan fingerprint density at radius 3 is 2.20 bits per heavy atom. The van der Waals surface area contributed by atoms with Crippen LogP contribution in [-0.4, -0.2) is 20.4 Å². The fourth-order valence-corrected chi connectivity index (χ4v) is 2.57. The van der Waals surface area contributed by atoms with Crippen molar-refractivity contribution in [1.29, 1.82) is 0 Å². The van der Waals surface area contributed by atoms with Crippen LogP contribution in [0.2, 0.25) is 0 Å². The van der Waals surface area contributed by atoms with Crippen molar-refractivity contribution in [2.75, 3.05) is 25.3 Å². The molecule has 0 fully saturated rings. The molecule has 0 saturated heterocycles. The molecule has 2 heteroatoms. The van der Waals surface area contributed by atoms with Crippen LogP contribution in [0.1, 0.15) is 30.6 Å². The second-order valence-corrected chi connectivity index (χ2v) is 5.04. The summed E-state index contributed by atoms with van der Waals surface area (Å²) in [5, 5.41) is 0.659. The summed E-state index contributed by atoms with van der Waals surface area (Å²) in [5.41, 5.74) is 2.73. The van der Waals surface area contributed by atoms with Crippen LogP contribution < -0.4 is 4.90 Å². The largest absolute Gasteiger partial charge is 0.378 e. The Balaban J connectivity index is 2.77. The summed E-state index contributed by atoms with van der Waals surface area (Å²) in [6.07, 6.45) is 4.71. The van der Waals surface area contributed by atoms with Crippen LogP contribution >= 0.6 is 11.8 Å². The zero-order chi connectivity index (χ0) is 11.3. The lowest BCUT2D eigenvalue weighted by molar-refractivity contribution is 0.780. The van der Waals surface area contributed by atoms with E-state index in [1.807, 2.05) is 11.8 Å². The minimum absolute atomic E-state index is 0.659. The number of hydrogen-bond donors (Lipinski definition) is 0. The molecular weight excluding hydrogens is 202 g/mol. The third kappa shape index (κ3) is 3.45. The van der Waals surface area contributed by atoms with E-state index in [1.54, 1.807) is 0 Å². The van der Waals surface area contributed by atoms with E-state index in [0.29, 0.717) is 5.25 Å². The Kier molecular flexibility index (Phi) is 5.03. The maximum Gasteiger partial charge on any atom is 0.0361 e. The zero-order valence-electron chi connectivity index (χ0n) is 10.2. The molecule has 1 nitrogen and oxygen atoms in total. The lowest BCUT2D eigenvalue weighted by Crippen LogP contribution is -2.08. The summed E-state index contributed by atoms with van der Waals surface area (Å²) in [7, 11) is 4.15. The Hall–Kier alpha value is -0.630. The Morgan fingerprint density at radius 1 is 1.20 bits per heavy atom. The van der Waals surface area contributed by atoms with E-state index in [9.17, 15) is 0 Å². The van der Waals surface area contributed by atoms with Gasteiger partial charge in [0.1, 0.15) is 0 Å². The quantitative estimate of drug-likeness (QED) is 0.743. The van der Waals surface area contributed by atoms with Crippen molar-refractivity contribution in [1.82, 2.24) is 0 Å². The predicted molar refractivity (Wildman–Crippen MR) is 71.9 cm³/mol. The minimum atomic E-state index is 0.659. The van der Waals surface area contributed by atoms with Gasteiger partial charge in [-0.3, -0.25) is 0 Å². The molecule has 1 aromatic rings. The first-order valence-corrected chi connectivity index (χ1v) is 6.78. The zero-order valence-corrected chi connectivity index (χ0v) is 11.0. The molecule has 0 aliphatic rings. The molecule has 84 valence electrons. The Bertz CT molecular complexity index is 279. The highest BCUT2D eigenvalue weighted by Gasteiger charge is 2.08. The standard InChI is InChI=1S/C13H21NS/c1-5-6-13(15-4)11-7-9-12(10-8-11)14(2)3/h7-10,13H,5-6H2,1-4H3. The van der Waals surface area contributed by atoms with Crippen molar-refractivity contribution in [3.63, 3.8) is 0 Å². The molecule has 0 bridgehead atoms. The lowest BCUT2D eigenvalue weighted by atomic mass is 10.1. The summed E-state index contributed by atoms with van der Waals surface area (Å²) >= 11 is 1.95. The van der Waals surface area contributed by atoms with Crippen LogP contribution in [-0.2, 0) is 0 Å². The molecule has 1 unspecified atom stereocenters. The SMILES string of the molecule is CCCC(SC)c1ccc(N(C)C)cc1. The molecule has 0 amide bonds. The van der Waals surface area contributed by atoms with Gasteiger partial charge in [-0.1, -0.05) is 25.5 Å². The van der Waals surface area contributed by atoms with Gasteiger partial charge >= 0.3 is 0 Å². The number of nitrogens with zero attached hydrogens (tertiary/aromatic N) is 1. The third-order valence-corrected chi connectivity index (χ3v) is 3.69. The van der Waals surface area contributed by atoms with E-state index >= 15 is 0 Å². The van der Waals surface area contributed by atoms with Crippen molar-refractivity contribution < 1.29 is 0 Å². The highest BCUT2D eigenvalue weighted by molar-refractivity contribution is 7.98. The van der Waals surface area contributed by atoms with E-state index in [-0.39, 0.29) is 0 Å². The van der Waals surface area contributed by atoms with Crippen molar-refractivity contribution in [3.05, 3.63) is 29.8 Å². The number of thioether (sulfide) groups is 1. The second-order valence-electron chi connectivity index (χ2n) is 4.00. The number of rotatable bonds is 5. The van der Waals surface area contributed by atoms with E-state index in [4.69, 9.17) is 0 Å². The van der Waals surface area contributed by atoms with Crippen LogP contribution in [0.25, 0.3) is 0 Å². The van der Waals surface area contributed by atoms with Crippen LogP contribution in [0.15, 0.2) is 24.3 Å². The summed E-state index contributed by atoms with van der Waals surface area (Å²) < 4.78 is 0. The molecule has 0 saturated carbocycles. The van der Waals surface area contributed by atoms with Gasteiger partial charge < -0.3 is 4.90 Å². The molecule has 0 spiro atoms. The average molecular weight is 223 g/mol. The summed E-state index contributed by atoms with van der Waals surface area (Å²) in [6, 6.07) is 8.92. The van der Waals surface area contributed by atoms with Crippen molar-refractivity contribution in [2.45, 2.75) is 25.0 Å². The summed E-state index contributed by atoms with van der Waals surface area (Å²) in [5.74, 6) is 0. The summed E-state index contributed by atoms with van der Waals surface area (Å²) in [4.78, 5) is 2.14. The molecule has 1 rings (SSSR count). The van der Waals surface area contributed by atoms with Gasteiger partial charge in [0.15, 0.2) is 0 Å². The van der Waals surface area contributed by atoms with Gasteiger partial charge in [-0.2, -0.15) is 11.8 Å². The number of hydrogen-bond acceptors (Lipinski definition) is 2. The van der Waals surface area contributed by atoms with E-state index in [0.717, 1.165) is 0 Å². The summed E-state index contributed by atoms with van der Waals surface area (Å²) in [6.45, 7) is 2.25. The minimum Gasteiger partial charge on any atom is -0.378 e. The normalized spacial score (nSPS) is 12.5. The molecule has 1 aromatic carbocycles. The van der Waals surface area contributed by atoms with E-state index in [2.05, 4.69) is 56.4 Å². The van der Waals surface area contributed by atoms with Crippen LogP contribution in [0, 0.1) is 0 Å². The van der Waals surface area contributed by atoms with Gasteiger partial charge in [-0.25, -0.2) is 0 Å². The molecule has 0 N–H and O–H groups in total. The predicted octanol–water partition coefficient (Wildman–Crippen LogP) is 3.96. The van der Waals surface area contributed by atoms with Crippen LogP contribution in [0.3, 0.4) is 0 Å². The van der Waals surface area contributed by atoms with Gasteiger partial charge in [0.05, 0.1) is 0 Å². The first-order chi connectivity index (χ1) is 7.19. The fraction of sp³-hybridized carbons (Fsp3) is 0.538. The maximum atomic E-state index is 2.26. The van der Waals surface area contributed by atoms with E-state index < -0.39 is 0 Å². The highest BCUT2D eigenvalue weighted by Crippen LogP contribution is 2.31. The molecular formula is C13H21NS. The molecule has 0 aromatic heterocycles. The van der Waals surface area contributed by atoms with Crippen LogP contribution in [0.4, 0.5) is 5.69 Å². The molecule has 0 aliphatic heterocycles. The number of benzene rings is 1. The topological polar surface area (TPSA) is 3.24 Å². The first-order valence-electron chi connectivity index (χ1n) is 5.49. The molecule has 1 atom stereocenters. The molecule has 0 heterocycles. The van der Waals surface area contributed by atoms with Crippen molar-refractivity contribution >= 4 is 17.4 Å².